The number of nitrogens with zero attached hydrogens (tertiary/aromatic N) is 2. The summed E-state index contributed by atoms with van der Waals surface area (Å²) in [5.41, 5.74) is 1.10. The summed E-state index contributed by atoms with van der Waals surface area (Å²) >= 11 is 24.6. The average molecular weight is 491 g/mol. The maximum atomic E-state index is 12.6. The number of halogens is 3. The molecule has 166 valence electrons. The van der Waals surface area contributed by atoms with Gasteiger partial charge in [0.05, 0.1) is 0 Å². The number of benzene rings is 1. The van der Waals surface area contributed by atoms with Crippen molar-refractivity contribution in [2.45, 2.75) is 73.8 Å². The Morgan fingerprint density at radius 2 is 1.70 bits per heavy atom. The van der Waals surface area contributed by atoms with Crippen LogP contribution in [-0.4, -0.2) is 49.9 Å². The number of hydrogen-bond acceptors (Lipinski definition) is 2. The average Bonchev–Trinajstić information content (AvgIpc) is 3.05. The molecule has 8 heteroatoms. The van der Waals surface area contributed by atoms with E-state index < -0.39 is 9.96 Å². The van der Waals surface area contributed by atoms with E-state index in [0.29, 0.717) is 30.5 Å². The topological polar surface area (TPSA) is 35.6 Å². The first-order valence-corrected chi connectivity index (χ1v) is 12.4. The molecule has 1 N–H and O–H groups in total. The van der Waals surface area contributed by atoms with Crippen LogP contribution in [-0.2, 0) is 11.2 Å². The number of alkyl halides is 3. The van der Waals surface area contributed by atoms with Crippen LogP contribution in [0.2, 0.25) is 0 Å². The maximum absolute atomic E-state index is 12.6. The highest BCUT2D eigenvalue weighted by molar-refractivity contribution is 7.80. The molecule has 1 amide bonds. The van der Waals surface area contributed by atoms with Crippen LogP contribution >= 0.6 is 47.0 Å². The van der Waals surface area contributed by atoms with Crippen molar-refractivity contribution in [2.75, 3.05) is 13.1 Å². The molecular formula is C22H30Cl3N3OS. The number of carbonyl (C=O) groups is 1. The van der Waals surface area contributed by atoms with Crippen LogP contribution in [0.4, 0.5) is 0 Å². The molecule has 1 saturated carbocycles. The van der Waals surface area contributed by atoms with E-state index in [2.05, 4.69) is 10.2 Å². The molecule has 3 rings (SSSR count). The Bertz CT molecular complexity index is 705. The van der Waals surface area contributed by atoms with Gasteiger partial charge in [0.1, 0.15) is 0 Å². The van der Waals surface area contributed by atoms with Gasteiger partial charge in [0, 0.05) is 25.6 Å². The summed E-state index contributed by atoms with van der Waals surface area (Å²) in [6, 6.07) is 10.3. The second-order valence-electron chi connectivity index (χ2n) is 8.17. The van der Waals surface area contributed by atoms with Gasteiger partial charge in [-0.05, 0) is 37.0 Å². The molecule has 1 aliphatic heterocycles. The molecule has 1 atom stereocenters. The zero-order valence-corrected chi connectivity index (χ0v) is 20.2. The van der Waals surface area contributed by atoms with Gasteiger partial charge in [-0.1, -0.05) is 97.2 Å². The molecular weight excluding hydrogens is 461 g/mol. The number of amides is 1. The summed E-state index contributed by atoms with van der Waals surface area (Å²) < 4.78 is -1.68. The highest BCUT2D eigenvalue weighted by atomic mass is 35.6. The smallest absolute Gasteiger partial charge is 0.228 e. The van der Waals surface area contributed by atoms with Gasteiger partial charge < -0.3 is 15.1 Å². The second kappa shape index (κ2) is 11.2. The molecule has 0 bridgehead atoms. The van der Waals surface area contributed by atoms with Crippen LogP contribution in [0, 0.1) is 0 Å². The minimum Gasteiger partial charge on any atom is -0.344 e. The SMILES string of the molecule is O=C(CCc1ccccc1)NC(N1CCN(C2CCCCCCC2)C1=S)C(Cl)(Cl)Cl. The van der Waals surface area contributed by atoms with E-state index in [0.717, 1.165) is 24.9 Å². The minimum absolute atomic E-state index is 0.151. The largest absolute Gasteiger partial charge is 0.344 e. The van der Waals surface area contributed by atoms with Crippen molar-refractivity contribution in [1.29, 1.82) is 0 Å². The van der Waals surface area contributed by atoms with Crippen molar-refractivity contribution >= 4 is 58.0 Å². The van der Waals surface area contributed by atoms with Gasteiger partial charge in [0.2, 0.25) is 9.70 Å². The van der Waals surface area contributed by atoms with Crippen molar-refractivity contribution in [3.8, 4) is 0 Å². The van der Waals surface area contributed by atoms with Gasteiger partial charge >= 0.3 is 0 Å². The fourth-order valence-corrected chi connectivity index (χ4v) is 5.31. The Morgan fingerprint density at radius 3 is 2.33 bits per heavy atom. The van der Waals surface area contributed by atoms with E-state index in [9.17, 15) is 4.79 Å². The quantitative estimate of drug-likeness (QED) is 0.425. The number of thiocarbonyl (C=S) groups is 1. The van der Waals surface area contributed by atoms with Crippen molar-refractivity contribution < 1.29 is 4.79 Å². The van der Waals surface area contributed by atoms with Crippen LogP contribution in [0.25, 0.3) is 0 Å². The Hall–Kier alpha value is -0.750. The summed E-state index contributed by atoms with van der Waals surface area (Å²) in [4.78, 5) is 16.8. The number of nitrogens with one attached hydrogen (secondary N) is 1. The lowest BCUT2D eigenvalue weighted by atomic mass is 9.96. The van der Waals surface area contributed by atoms with E-state index in [4.69, 9.17) is 47.0 Å². The molecule has 2 fully saturated rings. The first kappa shape index (κ1) is 23.9. The summed E-state index contributed by atoms with van der Waals surface area (Å²) in [6.07, 6.45) is 8.84. The predicted molar refractivity (Wildman–Crippen MR) is 129 cm³/mol. The lowest BCUT2D eigenvalue weighted by molar-refractivity contribution is -0.122. The van der Waals surface area contributed by atoms with Crippen molar-refractivity contribution in [3.63, 3.8) is 0 Å². The Morgan fingerprint density at radius 1 is 1.07 bits per heavy atom. The van der Waals surface area contributed by atoms with Gasteiger partial charge in [0.25, 0.3) is 0 Å². The summed E-state index contributed by atoms with van der Waals surface area (Å²) in [5.74, 6) is -0.151. The molecule has 1 unspecified atom stereocenters. The monoisotopic (exact) mass is 489 g/mol. The van der Waals surface area contributed by atoms with Gasteiger partial charge in [-0.25, -0.2) is 0 Å². The van der Waals surface area contributed by atoms with Crippen molar-refractivity contribution in [3.05, 3.63) is 35.9 Å². The second-order valence-corrected chi connectivity index (χ2v) is 10.9. The lowest BCUT2D eigenvalue weighted by Gasteiger charge is -2.37. The first-order chi connectivity index (χ1) is 14.4. The minimum atomic E-state index is -1.68. The molecule has 0 radical (unpaired) electrons. The molecule has 0 spiro atoms. The molecule has 4 nitrogen and oxygen atoms in total. The summed E-state index contributed by atoms with van der Waals surface area (Å²) in [5, 5.41) is 3.60. The standard InChI is InChI=1S/C22H30Cl3N3OS/c23-22(24,25)20(26-19(29)14-13-17-9-5-4-6-10-17)28-16-15-27(21(28)30)18-11-7-2-1-3-8-12-18/h4-6,9-10,18,20H,1-3,7-8,11-16H2,(H,26,29). The summed E-state index contributed by atoms with van der Waals surface area (Å²) in [6.45, 7) is 1.45. The normalized spacial score (nSPS) is 20.0. The van der Waals surface area contributed by atoms with Crippen LogP contribution in [0.3, 0.4) is 0 Å². The Labute approximate surface area is 200 Å². The fraction of sp³-hybridized carbons (Fsp3) is 0.636. The highest BCUT2D eigenvalue weighted by Gasteiger charge is 2.44. The van der Waals surface area contributed by atoms with Crippen molar-refractivity contribution in [1.82, 2.24) is 15.1 Å². The van der Waals surface area contributed by atoms with Crippen LogP contribution in [0.15, 0.2) is 30.3 Å². The van der Waals surface area contributed by atoms with E-state index in [1.807, 2.05) is 35.2 Å². The van der Waals surface area contributed by atoms with E-state index >= 15 is 0 Å². The third kappa shape index (κ3) is 6.62. The number of carbonyl (C=O) groups excluding carboxylic acids is 1. The van der Waals surface area contributed by atoms with Gasteiger partial charge in [-0.3, -0.25) is 4.79 Å². The third-order valence-corrected chi connectivity index (χ3v) is 7.08. The fourth-order valence-electron chi connectivity index (χ4n) is 4.36. The Kier molecular flexibility index (Phi) is 8.94. The molecule has 1 saturated heterocycles. The van der Waals surface area contributed by atoms with E-state index in [1.165, 1.54) is 32.1 Å². The van der Waals surface area contributed by atoms with E-state index in [1.54, 1.807) is 0 Å². The number of rotatable bonds is 6. The predicted octanol–water partition coefficient (Wildman–Crippen LogP) is 5.45. The summed E-state index contributed by atoms with van der Waals surface area (Å²) in [7, 11) is 0. The highest BCUT2D eigenvalue weighted by Crippen LogP contribution is 2.35. The van der Waals surface area contributed by atoms with Crippen molar-refractivity contribution in [2.24, 2.45) is 0 Å². The number of aryl methyl sites for hydroxylation is 1. The molecule has 1 aliphatic carbocycles. The lowest BCUT2D eigenvalue weighted by Crippen LogP contribution is -2.57. The van der Waals surface area contributed by atoms with Crippen LogP contribution < -0.4 is 5.32 Å². The zero-order valence-electron chi connectivity index (χ0n) is 17.2. The van der Waals surface area contributed by atoms with E-state index in [-0.39, 0.29) is 5.91 Å². The Balaban J connectivity index is 1.62. The third-order valence-electron chi connectivity index (χ3n) is 5.99. The van der Waals surface area contributed by atoms with Crippen LogP contribution in [0.5, 0.6) is 0 Å². The maximum Gasteiger partial charge on any atom is 0.228 e. The number of hydrogen-bond donors (Lipinski definition) is 1. The molecule has 30 heavy (non-hydrogen) atoms. The molecule has 0 aromatic heterocycles. The molecule has 2 aliphatic rings. The van der Waals surface area contributed by atoms with Gasteiger partial charge in [-0.15, -0.1) is 0 Å². The molecule has 1 aromatic carbocycles. The zero-order chi connectivity index (χ0) is 21.6. The molecule has 1 aromatic rings. The molecule has 1 heterocycles. The first-order valence-electron chi connectivity index (χ1n) is 10.8. The van der Waals surface area contributed by atoms with Gasteiger partial charge in [0.15, 0.2) is 11.3 Å². The van der Waals surface area contributed by atoms with Gasteiger partial charge in [-0.2, -0.15) is 0 Å². The van der Waals surface area contributed by atoms with Crippen LogP contribution in [0.1, 0.15) is 56.9 Å².